The van der Waals surface area contributed by atoms with Gasteiger partial charge in [0.15, 0.2) is 0 Å². The van der Waals surface area contributed by atoms with E-state index < -0.39 is 10.0 Å². The summed E-state index contributed by atoms with van der Waals surface area (Å²) in [6, 6.07) is 13.0. The van der Waals surface area contributed by atoms with Crippen LogP contribution in [0.1, 0.15) is 0 Å². The minimum atomic E-state index is -3.54. The molecule has 0 N–H and O–H groups in total. The molecule has 0 bridgehead atoms. The molecule has 4 rings (SSSR count). The summed E-state index contributed by atoms with van der Waals surface area (Å²) in [7, 11) is -1.88. The highest BCUT2D eigenvalue weighted by atomic mass is 32.2. The van der Waals surface area contributed by atoms with Crippen LogP contribution in [0.2, 0.25) is 0 Å². The van der Waals surface area contributed by atoms with E-state index >= 15 is 0 Å². The SMILES string of the molecule is COC[C@@]12COC[C@@H]1CN(S(=O)(=O)c1cccc3ccccc13)C2. The predicted octanol–water partition coefficient (Wildman–Crippen LogP) is 2.12. The fourth-order valence-corrected chi connectivity index (χ4v) is 5.81. The molecule has 2 saturated heterocycles. The van der Waals surface area contributed by atoms with E-state index in [9.17, 15) is 8.42 Å². The highest BCUT2D eigenvalue weighted by molar-refractivity contribution is 7.89. The van der Waals surface area contributed by atoms with E-state index in [1.807, 2.05) is 30.3 Å². The summed E-state index contributed by atoms with van der Waals surface area (Å²) < 4.78 is 39.1. The summed E-state index contributed by atoms with van der Waals surface area (Å²) in [5.74, 6) is 0.196. The standard InChI is InChI=1S/C18H21NO4S/c1-22-12-18-11-19(9-15(18)10-23-13-18)24(20,21)17-8-4-6-14-5-2-3-7-16(14)17/h2-8,15H,9-13H2,1H3/t15-,18-/m0/s1. The molecule has 2 aliphatic heterocycles. The smallest absolute Gasteiger partial charge is 0.243 e. The van der Waals surface area contributed by atoms with Crippen LogP contribution in [0, 0.1) is 11.3 Å². The third-order valence-corrected chi connectivity index (χ3v) is 7.16. The van der Waals surface area contributed by atoms with Crippen molar-refractivity contribution in [1.82, 2.24) is 4.31 Å². The van der Waals surface area contributed by atoms with Crippen molar-refractivity contribution in [2.45, 2.75) is 4.90 Å². The van der Waals surface area contributed by atoms with Crippen LogP contribution in [0.15, 0.2) is 47.4 Å². The summed E-state index contributed by atoms with van der Waals surface area (Å²) in [4.78, 5) is 0.383. The van der Waals surface area contributed by atoms with Crippen LogP contribution in [0.3, 0.4) is 0 Å². The summed E-state index contributed by atoms with van der Waals surface area (Å²) >= 11 is 0. The maximum atomic E-state index is 13.3. The number of methoxy groups -OCH3 is 1. The van der Waals surface area contributed by atoms with Crippen molar-refractivity contribution in [2.75, 3.05) is 40.0 Å². The fraction of sp³-hybridized carbons (Fsp3) is 0.444. The van der Waals surface area contributed by atoms with Crippen molar-refractivity contribution in [2.24, 2.45) is 11.3 Å². The van der Waals surface area contributed by atoms with Gasteiger partial charge in [-0.25, -0.2) is 8.42 Å². The molecule has 5 nitrogen and oxygen atoms in total. The van der Waals surface area contributed by atoms with Crippen molar-refractivity contribution < 1.29 is 17.9 Å². The Balaban J connectivity index is 1.74. The van der Waals surface area contributed by atoms with Crippen LogP contribution < -0.4 is 0 Å². The van der Waals surface area contributed by atoms with Crippen molar-refractivity contribution in [3.63, 3.8) is 0 Å². The number of hydrogen-bond acceptors (Lipinski definition) is 4. The molecule has 2 fully saturated rings. The second-order valence-corrected chi connectivity index (χ2v) is 8.69. The van der Waals surface area contributed by atoms with Crippen LogP contribution >= 0.6 is 0 Å². The fourth-order valence-electron chi connectivity index (χ4n) is 4.02. The first kappa shape index (κ1) is 16.0. The van der Waals surface area contributed by atoms with E-state index in [-0.39, 0.29) is 11.3 Å². The van der Waals surface area contributed by atoms with E-state index in [2.05, 4.69) is 0 Å². The van der Waals surface area contributed by atoms with Gasteiger partial charge in [-0.3, -0.25) is 0 Å². The lowest BCUT2D eigenvalue weighted by atomic mass is 9.82. The minimum Gasteiger partial charge on any atom is -0.384 e. The highest BCUT2D eigenvalue weighted by Crippen LogP contribution is 2.43. The van der Waals surface area contributed by atoms with Gasteiger partial charge in [0.1, 0.15) is 0 Å². The zero-order chi connectivity index (χ0) is 16.8. The molecule has 0 aliphatic carbocycles. The van der Waals surface area contributed by atoms with E-state index in [0.29, 0.717) is 37.8 Å². The Hall–Kier alpha value is -1.47. The molecule has 6 heteroatoms. The third kappa shape index (κ3) is 2.37. The first-order valence-corrected chi connectivity index (χ1v) is 9.55. The number of nitrogens with zero attached hydrogens (tertiary/aromatic N) is 1. The molecule has 0 amide bonds. The van der Waals surface area contributed by atoms with Crippen LogP contribution in [0.4, 0.5) is 0 Å². The van der Waals surface area contributed by atoms with Crippen LogP contribution in [-0.2, 0) is 19.5 Å². The maximum Gasteiger partial charge on any atom is 0.243 e. The molecule has 2 aromatic carbocycles. The zero-order valence-electron chi connectivity index (χ0n) is 13.6. The largest absolute Gasteiger partial charge is 0.384 e. The molecule has 24 heavy (non-hydrogen) atoms. The Bertz CT molecular complexity index is 861. The van der Waals surface area contributed by atoms with Crippen molar-refractivity contribution >= 4 is 20.8 Å². The quantitative estimate of drug-likeness (QED) is 0.850. The minimum absolute atomic E-state index is 0.196. The lowest BCUT2D eigenvalue weighted by molar-refractivity contribution is 0.0601. The number of fused-ring (bicyclic) bond motifs is 2. The number of ether oxygens (including phenoxy) is 2. The lowest BCUT2D eigenvalue weighted by Gasteiger charge is -2.26. The van der Waals surface area contributed by atoms with Gasteiger partial charge in [0.2, 0.25) is 10.0 Å². The van der Waals surface area contributed by atoms with Gasteiger partial charge in [0.05, 0.1) is 24.7 Å². The van der Waals surface area contributed by atoms with Crippen LogP contribution in [0.5, 0.6) is 0 Å². The molecule has 2 aromatic rings. The molecule has 0 radical (unpaired) electrons. The van der Waals surface area contributed by atoms with Crippen LogP contribution in [-0.4, -0.2) is 52.7 Å². The second kappa shape index (κ2) is 5.81. The molecule has 0 spiro atoms. The lowest BCUT2D eigenvalue weighted by Crippen LogP contribution is -2.37. The molecule has 0 saturated carbocycles. The molecule has 128 valence electrons. The topological polar surface area (TPSA) is 55.8 Å². The number of hydrogen-bond donors (Lipinski definition) is 0. The Kier molecular flexibility index (Phi) is 3.88. The van der Waals surface area contributed by atoms with Gasteiger partial charge in [-0.15, -0.1) is 0 Å². The third-order valence-electron chi connectivity index (χ3n) is 5.29. The molecule has 2 aliphatic rings. The Morgan fingerprint density at radius 2 is 2.04 bits per heavy atom. The van der Waals surface area contributed by atoms with E-state index in [4.69, 9.17) is 9.47 Å². The van der Waals surface area contributed by atoms with Gasteiger partial charge in [-0.05, 0) is 11.5 Å². The summed E-state index contributed by atoms with van der Waals surface area (Å²) in [6.07, 6.45) is 0. The van der Waals surface area contributed by atoms with Gasteiger partial charge < -0.3 is 9.47 Å². The zero-order valence-corrected chi connectivity index (χ0v) is 14.5. The normalized spacial score (nSPS) is 27.6. The van der Waals surface area contributed by atoms with E-state index in [1.165, 1.54) is 0 Å². The van der Waals surface area contributed by atoms with Gasteiger partial charge in [-0.2, -0.15) is 4.31 Å². The monoisotopic (exact) mass is 347 g/mol. The molecular weight excluding hydrogens is 326 g/mol. The molecular formula is C18H21NO4S. The summed E-state index contributed by atoms with van der Waals surface area (Å²) in [6.45, 7) is 2.64. The first-order valence-electron chi connectivity index (χ1n) is 8.11. The highest BCUT2D eigenvalue weighted by Gasteiger charge is 2.53. The van der Waals surface area contributed by atoms with Gasteiger partial charge in [-0.1, -0.05) is 36.4 Å². The van der Waals surface area contributed by atoms with Gasteiger partial charge in [0, 0.05) is 36.9 Å². The molecule has 2 heterocycles. The van der Waals surface area contributed by atoms with E-state index in [0.717, 1.165) is 10.8 Å². The second-order valence-electron chi connectivity index (χ2n) is 6.78. The van der Waals surface area contributed by atoms with Crippen molar-refractivity contribution in [1.29, 1.82) is 0 Å². The summed E-state index contributed by atoms with van der Waals surface area (Å²) in [5, 5.41) is 1.71. The van der Waals surface area contributed by atoms with Crippen molar-refractivity contribution in [3.8, 4) is 0 Å². The number of rotatable bonds is 4. The Labute approximate surface area is 142 Å². The summed E-state index contributed by atoms with van der Waals surface area (Å²) in [5.41, 5.74) is -0.216. The van der Waals surface area contributed by atoms with Crippen molar-refractivity contribution in [3.05, 3.63) is 42.5 Å². The average molecular weight is 347 g/mol. The van der Waals surface area contributed by atoms with Crippen LogP contribution in [0.25, 0.3) is 10.8 Å². The molecule has 2 atom stereocenters. The molecule has 0 aromatic heterocycles. The van der Waals surface area contributed by atoms with Gasteiger partial charge in [0.25, 0.3) is 0 Å². The van der Waals surface area contributed by atoms with Gasteiger partial charge >= 0.3 is 0 Å². The molecule has 0 unspecified atom stereocenters. The number of benzene rings is 2. The average Bonchev–Trinajstić information content (AvgIpc) is 3.12. The number of sulfonamides is 1. The Morgan fingerprint density at radius 1 is 1.25 bits per heavy atom. The van der Waals surface area contributed by atoms with E-state index in [1.54, 1.807) is 23.5 Å². The maximum absolute atomic E-state index is 13.3. The first-order chi connectivity index (χ1) is 11.6. The Morgan fingerprint density at radius 3 is 2.88 bits per heavy atom. The predicted molar refractivity (Wildman–Crippen MR) is 91.3 cm³/mol.